The predicted octanol–water partition coefficient (Wildman–Crippen LogP) is 3.81. The van der Waals surface area contributed by atoms with Crippen LogP contribution in [0.15, 0.2) is 48.5 Å². The number of nitrogens with zero attached hydrogens (tertiary/aromatic N) is 2. The summed E-state index contributed by atoms with van der Waals surface area (Å²) in [6.45, 7) is 1.23. The van der Waals surface area contributed by atoms with Gasteiger partial charge in [0.1, 0.15) is 5.82 Å². The van der Waals surface area contributed by atoms with E-state index < -0.39 is 17.6 Å². The molecule has 2 aromatic carbocycles. The number of carbonyl (C=O) groups is 1. The van der Waals surface area contributed by atoms with Crippen molar-refractivity contribution in [2.24, 2.45) is 0 Å². The molecular formula is C18H16F4N2O. The van der Waals surface area contributed by atoms with Gasteiger partial charge in [-0.1, -0.05) is 12.1 Å². The van der Waals surface area contributed by atoms with Crippen molar-refractivity contribution in [3.8, 4) is 0 Å². The van der Waals surface area contributed by atoms with Gasteiger partial charge < -0.3 is 9.80 Å². The number of benzene rings is 2. The van der Waals surface area contributed by atoms with Crippen LogP contribution in [0.3, 0.4) is 0 Å². The average Bonchev–Trinajstić information content (AvgIpc) is 2.61. The standard InChI is InChI=1S/C18H16F4N2O/c19-14-7-5-13(6-8-14)17(25)24-11-9-23(10-12-24)16-4-2-1-3-15(16)18(20,21)22/h1-8H,9-12H2. The largest absolute Gasteiger partial charge is 0.418 e. The fourth-order valence-electron chi connectivity index (χ4n) is 2.91. The molecule has 0 radical (unpaired) electrons. The van der Waals surface area contributed by atoms with Gasteiger partial charge in [-0.25, -0.2) is 4.39 Å². The first-order chi connectivity index (χ1) is 11.9. The lowest BCUT2D eigenvalue weighted by Gasteiger charge is -2.37. The quantitative estimate of drug-likeness (QED) is 0.768. The minimum atomic E-state index is -4.42. The molecule has 1 aliphatic heterocycles. The van der Waals surface area contributed by atoms with Crippen LogP contribution >= 0.6 is 0 Å². The van der Waals surface area contributed by atoms with Crippen LogP contribution in [0.5, 0.6) is 0 Å². The van der Waals surface area contributed by atoms with Crippen LogP contribution < -0.4 is 4.90 Å². The van der Waals surface area contributed by atoms with E-state index in [1.165, 1.54) is 36.4 Å². The van der Waals surface area contributed by atoms with Crippen molar-refractivity contribution in [1.82, 2.24) is 4.90 Å². The van der Waals surface area contributed by atoms with Crippen LogP contribution in [-0.2, 0) is 6.18 Å². The van der Waals surface area contributed by atoms with Crippen molar-refractivity contribution in [2.75, 3.05) is 31.1 Å². The molecule has 0 saturated carbocycles. The molecule has 0 N–H and O–H groups in total. The Morgan fingerprint density at radius 3 is 2.08 bits per heavy atom. The number of halogens is 4. The molecule has 2 aromatic rings. The number of rotatable bonds is 2. The third-order valence-corrected chi connectivity index (χ3v) is 4.21. The lowest BCUT2D eigenvalue weighted by atomic mass is 10.1. The molecule has 1 fully saturated rings. The van der Waals surface area contributed by atoms with E-state index in [2.05, 4.69) is 0 Å². The highest BCUT2D eigenvalue weighted by atomic mass is 19.4. The number of hydrogen-bond acceptors (Lipinski definition) is 2. The summed E-state index contributed by atoms with van der Waals surface area (Å²) in [5.41, 5.74) is -0.178. The number of amides is 1. The molecule has 0 bridgehead atoms. The fraction of sp³-hybridized carbons (Fsp3) is 0.278. The summed E-state index contributed by atoms with van der Waals surface area (Å²) < 4.78 is 52.4. The zero-order chi connectivity index (χ0) is 18.0. The third kappa shape index (κ3) is 3.75. The number of para-hydroxylation sites is 1. The summed E-state index contributed by atoms with van der Waals surface area (Å²) in [4.78, 5) is 15.6. The van der Waals surface area contributed by atoms with E-state index in [-0.39, 0.29) is 11.6 Å². The summed E-state index contributed by atoms with van der Waals surface area (Å²) >= 11 is 0. The number of alkyl halides is 3. The van der Waals surface area contributed by atoms with Gasteiger partial charge in [0, 0.05) is 37.4 Å². The molecule has 0 aliphatic carbocycles. The van der Waals surface area contributed by atoms with Crippen molar-refractivity contribution in [1.29, 1.82) is 0 Å². The van der Waals surface area contributed by atoms with Crippen LogP contribution in [0.4, 0.5) is 23.2 Å². The van der Waals surface area contributed by atoms with E-state index in [0.717, 1.165) is 6.07 Å². The monoisotopic (exact) mass is 352 g/mol. The lowest BCUT2D eigenvalue weighted by molar-refractivity contribution is -0.137. The van der Waals surface area contributed by atoms with E-state index in [1.54, 1.807) is 15.9 Å². The van der Waals surface area contributed by atoms with Crippen LogP contribution in [0.1, 0.15) is 15.9 Å². The van der Waals surface area contributed by atoms with Gasteiger partial charge >= 0.3 is 6.18 Å². The van der Waals surface area contributed by atoms with E-state index in [1.807, 2.05) is 0 Å². The molecule has 0 spiro atoms. The first-order valence-electron chi connectivity index (χ1n) is 7.82. The zero-order valence-corrected chi connectivity index (χ0v) is 13.3. The predicted molar refractivity (Wildman–Crippen MR) is 86.0 cm³/mol. The molecule has 1 heterocycles. The highest BCUT2D eigenvalue weighted by molar-refractivity contribution is 5.94. The van der Waals surface area contributed by atoms with Gasteiger partial charge in [-0.15, -0.1) is 0 Å². The molecule has 25 heavy (non-hydrogen) atoms. The van der Waals surface area contributed by atoms with Crippen molar-refractivity contribution < 1.29 is 22.4 Å². The Bertz CT molecular complexity index is 750. The Labute approximate surface area is 142 Å². The SMILES string of the molecule is O=C(c1ccc(F)cc1)N1CCN(c2ccccc2C(F)(F)F)CC1. The molecule has 0 aromatic heterocycles. The maximum Gasteiger partial charge on any atom is 0.418 e. The second-order valence-electron chi connectivity index (χ2n) is 5.80. The molecule has 3 rings (SSSR count). The Kier molecular flexibility index (Phi) is 4.65. The van der Waals surface area contributed by atoms with E-state index >= 15 is 0 Å². The van der Waals surface area contributed by atoms with Gasteiger partial charge in [0.2, 0.25) is 0 Å². The van der Waals surface area contributed by atoms with Crippen LogP contribution in [0, 0.1) is 5.82 Å². The van der Waals surface area contributed by atoms with E-state index in [4.69, 9.17) is 0 Å². The van der Waals surface area contributed by atoms with Gasteiger partial charge in [-0.05, 0) is 36.4 Å². The Morgan fingerprint density at radius 1 is 0.880 bits per heavy atom. The minimum absolute atomic E-state index is 0.129. The van der Waals surface area contributed by atoms with Gasteiger partial charge in [0.05, 0.1) is 5.56 Å². The zero-order valence-electron chi connectivity index (χ0n) is 13.3. The molecule has 1 amide bonds. The molecule has 0 unspecified atom stereocenters. The van der Waals surface area contributed by atoms with Gasteiger partial charge in [-0.3, -0.25) is 4.79 Å². The van der Waals surface area contributed by atoms with Crippen LogP contribution in [0.25, 0.3) is 0 Å². The topological polar surface area (TPSA) is 23.6 Å². The first kappa shape index (κ1) is 17.3. The summed E-state index contributed by atoms with van der Waals surface area (Å²) in [7, 11) is 0. The average molecular weight is 352 g/mol. The molecule has 1 aliphatic rings. The first-order valence-corrected chi connectivity index (χ1v) is 7.82. The summed E-state index contributed by atoms with van der Waals surface area (Å²) in [5.74, 6) is -0.672. The summed E-state index contributed by atoms with van der Waals surface area (Å²) in [6, 6.07) is 10.7. The Hall–Kier alpha value is -2.57. The lowest BCUT2D eigenvalue weighted by Crippen LogP contribution is -2.49. The molecule has 3 nitrogen and oxygen atoms in total. The van der Waals surface area contributed by atoms with Crippen molar-refractivity contribution in [3.63, 3.8) is 0 Å². The number of carbonyl (C=O) groups excluding carboxylic acids is 1. The second kappa shape index (κ2) is 6.74. The van der Waals surface area contributed by atoms with Crippen LogP contribution in [0.2, 0.25) is 0 Å². The maximum atomic E-state index is 13.1. The summed E-state index contributed by atoms with van der Waals surface area (Å²) in [6.07, 6.45) is -4.42. The number of anilines is 1. The molecular weight excluding hydrogens is 336 g/mol. The minimum Gasteiger partial charge on any atom is -0.367 e. The maximum absolute atomic E-state index is 13.1. The molecule has 7 heteroatoms. The summed E-state index contributed by atoms with van der Waals surface area (Å²) in [5, 5.41) is 0. The van der Waals surface area contributed by atoms with E-state index in [9.17, 15) is 22.4 Å². The molecule has 1 saturated heterocycles. The highest BCUT2D eigenvalue weighted by Crippen LogP contribution is 2.36. The Balaban J connectivity index is 1.70. The normalized spacial score (nSPS) is 15.4. The Morgan fingerprint density at radius 2 is 1.48 bits per heavy atom. The van der Waals surface area contributed by atoms with Crippen molar-refractivity contribution in [2.45, 2.75) is 6.18 Å². The number of piperazine rings is 1. The van der Waals surface area contributed by atoms with Crippen molar-refractivity contribution >= 4 is 11.6 Å². The van der Waals surface area contributed by atoms with Gasteiger partial charge in [0.25, 0.3) is 5.91 Å². The molecule has 0 atom stereocenters. The van der Waals surface area contributed by atoms with Crippen LogP contribution in [-0.4, -0.2) is 37.0 Å². The number of hydrogen-bond donors (Lipinski definition) is 0. The second-order valence-corrected chi connectivity index (χ2v) is 5.80. The van der Waals surface area contributed by atoms with Gasteiger partial charge in [0.15, 0.2) is 0 Å². The highest BCUT2D eigenvalue weighted by Gasteiger charge is 2.35. The molecule has 132 valence electrons. The van der Waals surface area contributed by atoms with E-state index in [0.29, 0.717) is 31.7 Å². The third-order valence-electron chi connectivity index (χ3n) is 4.21. The van der Waals surface area contributed by atoms with Gasteiger partial charge in [-0.2, -0.15) is 13.2 Å². The fourth-order valence-corrected chi connectivity index (χ4v) is 2.91. The van der Waals surface area contributed by atoms with Crippen molar-refractivity contribution in [3.05, 3.63) is 65.5 Å². The smallest absolute Gasteiger partial charge is 0.367 e.